The SMILES string of the molecule is CCOC(=O)c1c(NC(=O)C(C#N)=Cc2cn(-c3ccccc3)nc2-c2ccc(OC)cc2)sc(C)c1C. The molecule has 192 valence electrons. The molecule has 38 heavy (non-hydrogen) atoms. The number of nitrogens with one attached hydrogen (secondary N) is 1. The average molecular weight is 527 g/mol. The second-order valence-electron chi connectivity index (χ2n) is 8.27. The lowest BCUT2D eigenvalue weighted by Crippen LogP contribution is -2.16. The molecule has 0 aliphatic carbocycles. The summed E-state index contributed by atoms with van der Waals surface area (Å²) in [4.78, 5) is 26.6. The van der Waals surface area contributed by atoms with Crippen molar-refractivity contribution in [1.82, 2.24) is 9.78 Å². The molecule has 0 spiro atoms. The van der Waals surface area contributed by atoms with Crippen LogP contribution < -0.4 is 10.1 Å². The van der Waals surface area contributed by atoms with Crippen LogP contribution >= 0.6 is 11.3 Å². The minimum absolute atomic E-state index is 0.133. The van der Waals surface area contributed by atoms with Gasteiger partial charge in [0.05, 0.1) is 30.7 Å². The van der Waals surface area contributed by atoms with Crippen molar-refractivity contribution >= 4 is 34.3 Å². The molecule has 0 fully saturated rings. The highest BCUT2D eigenvalue weighted by Gasteiger charge is 2.23. The zero-order chi connectivity index (χ0) is 27.2. The Kier molecular flexibility index (Phi) is 8.04. The standard InChI is InChI=1S/C29H26N4O4S/c1-5-37-29(35)25-18(2)19(3)38-28(25)31-27(34)21(16-30)15-22-17-33(23-9-7-6-8-10-23)32-26(22)20-11-13-24(36-4)14-12-20/h6-15,17H,5H2,1-4H3,(H,31,34). The van der Waals surface area contributed by atoms with E-state index >= 15 is 0 Å². The number of esters is 1. The van der Waals surface area contributed by atoms with Crippen LogP contribution in [0.4, 0.5) is 5.00 Å². The Hall–Kier alpha value is -4.68. The van der Waals surface area contributed by atoms with Gasteiger partial charge in [-0.1, -0.05) is 18.2 Å². The number of nitrogens with zero attached hydrogens (tertiary/aromatic N) is 3. The number of hydrogen-bond acceptors (Lipinski definition) is 7. The zero-order valence-electron chi connectivity index (χ0n) is 21.4. The number of thiophene rings is 1. The third-order valence-corrected chi connectivity index (χ3v) is 7.01. The Morgan fingerprint density at radius 1 is 1.13 bits per heavy atom. The summed E-state index contributed by atoms with van der Waals surface area (Å²) in [6.45, 7) is 5.59. The van der Waals surface area contributed by atoms with Gasteiger partial charge in [0.2, 0.25) is 0 Å². The Bertz CT molecular complexity index is 1540. The van der Waals surface area contributed by atoms with Gasteiger partial charge in [-0.3, -0.25) is 4.79 Å². The number of aromatic nitrogens is 2. The van der Waals surface area contributed by atoms with E-state index in [0.717, 1.165) is 21.7 Å². The molecule has 8 nitrogen and oxygen atoms in total. The zero-order valence-corrected chi connectivity index (χ0v) is 22.3. The van der Waals surface area contributed by atoms with Crippen LogP contribution in [0.1, 0.15) is 33.3 Å². The van der Waals surface area contributed by atoms with Crippen molar-refractivity contribution in [1.29, 1.82) is 5.26 Å². The van der Waals surface area contributed by atoms with E-state index in [9.17, 15) is 14.9 Å². The number of aryl methyl sites for hydroxylation is 1. The maximum Gasteiger partial charge on any atom is 0.341 e. The molecule has 0 bridgehead atoms. The van der Waals surface area contributed by atoms with Crippen molar-refractivity contribution in [2.45, 2.75) is 20.8 Å². The Balaban J connectivity index is 1.74. The highest BCUT2D eigenvalue weighted by atomic mass is 32.1. The number of para-hydroxylation sites is 1. The van der Waals surface area contributed by atoms with Crippen molar-refractivity contribution in [3.05, 3.63) is 87.9 Å². The van der Waals surface area contributed by atoms with Gasteiger partial charge in [0.25, 0.3) is 5.91 Å². The number of carbonyl (C=O) groups is 2. The monoisotopic (exact) mass is 526 g/mol. The number of anilines is 1. The molecule has 0 unspecified atom stereocenters. The van der Waals surface area contributed by atoms with Crippen LogP contribution in [0.25, 0.3) is 23.0 Å². The summed E-state index contributed by atoms with van der Waals surface area (Å²) < 4.78 is 12.1. The van der Waals surface area contributed by atoms with Crippen molar-refractivity contribution in [3.63, 3.8) is 0 Å². The number of methoxy groups -OCH3 is 1. The van der Waals surface area contributed by atoms with Crippen LogP contribution in [0, 0.1) is 25.2 Å². The molecule has 2 aromatic carbocycles. The van der Waals surface area contributed by atoms with E-state index in [-0.39, 0.29) is 12.2 Å². The van der Waals surface area contributed by atoms with Gasteiger partial charge in [0.15, 0.2) is 0 Å². The Morgan fingerprint density at radius 2 is 1.84 bits per heavy atom. The highest BCUT2D eigenvalue weighted by molar-refractivity contribution is 7.16. The molecule has 0 atom stereocenters. The highest BCUT2D eigenvalue weighted by Crippen LogP contribution is 2.34. The number of rotatable bonds is 8. The van der Waals surface area contributed by atoms with Crippen LogP contribution in [-0.2, 0) is 9.53 Å². The van der Waals surface area contributed by atoms with Crippen molar-refractivity contribution in [3.8, 4) is 28.8 Å². The topological polar surface area (TPSA) is 106 Å². The van der Waals surface area contributed by atoms with Gasteiger partial charge < -0.3 is 14.8 Å². The van der Waals surface area contributed by atoms with E-state index in [1.165, 1.54) is 17.4 Å². The Morgan fingerprint density at radius 3 is 2.47 bits per heavy atom. The largest absolute Gasteiger partial charge is 0.497 e. The lowest BCUT2D eigenvalue weighted by molar-refractivity contribution is -0.112. The van der Waals surface area contributed by atoms with Gasteiger partial charge in [-0.2, -0.15) is 10.4 Å². The van der Waals surface area contributed by atoms with Crippen LogP contribution in [0.2, 0.25) is 0 Å². The van der Waals surface area contributed by atoms with Gasteiger partial charge in [-0.05, 0) is 68.8 Å². The van der Waals surface area contributed by atoms with E-state index in [4.69, 9.17) is 14.6 Å². The first-order valence-electron chi connectivity index (χ1n) is 11.9. The fraction of sp³-hybridized carbons (Fsp3) is 0.172. The van der Waals surface area contributed by atoms with Gasteiger partial charge in [0.1, 0.15) is 22.4 Å². The summed E-state index contributed by atoms with van der Waals surface area (Å²) in [7, 11) is 1.59. The molecule has 2 aromatic heterocycles. The van der Waals surface area contributed by atoms with Gasteiger partial charge >= 0.3 is 5.97 Å². The minimum Gasteiger partial charge on any atom is -0.497 e. The summed E-state index contributed by atoms with van der Waals surface area (Å²) in [5.41, 5.74) is 3.69. The Labute approximate surface area is 224 Å². The number of ether oxygens (including phenoxy) is 2. The number of amides is 1. The van der Waals surface area contributed by atoms with E-state index in [1.54, 1.807) is 31.8 Å². The maximum absolute atomic E-state index is 13.2. The van der Waals surface area contributed by atoms with E-state index in [0.29, 0.717) is 27.6 Å². The fourth-order valence-electron chi connectivity index (χ4n) is 3.82. The molecular weight excluding hydrogens is 500 g/mol. The summed E-state index contributed by atoms with van der Waals surface area (Å²) >= 11 is 1.26. The number of benzene rings is 2. The molecule has 0 saturated carbocycles. The molecule has 0 radical (unpaired) electrons. The normalized spacial score (nSPS) is 11.1. The van der Waals surface area contributed by atoms with E-state index < -0.39 is 11.9 Å². The molecule has 9 heteroatoms. The van der Waals surface area contributed by atoms with Crippen LogP contribution in [-0.4, -0.2) is 35.4 Å². The summed E-state index contributed by atoms with van der Waals surface area (Å²) in [5.74, 6) is -0.449. The van der Waals surface area contributed by atoms with Crippen molar-refractivity contribution in [2.75, 3.05) is 19.0 Å². The molecule has 1 N–H and O–H groups in total. The quantitative estimate of drug-likeness (QED) is 0.173. The van der Waals surface area contributed by atoms with Crippen molar-refractivity contribution in [2.24, 2.45) is 0 Å². The van der Waals surface area contributed by atoms with Gasteiger partial charge in [0, 0.05) is 22.2 Å². The molecule has 0 saturated heterocycles. The molecule has 0 aliphatic heterocycles. The summed E-state index contributed by atoms with van der Waals surface area (Å²) in [5, 5.41) is 17.7. The van der Waals surface area contributed by atoms with E-state index in [2.05, 4.69) is 5.32 Å². The smallest absolute Gasteiger partial charge is 0.341 e. The molecule has 2 heterocycles. The predicted molar refractivity (Wildman–Crippen MR) is 148 cm³/mol. The van der Waals surface area contributed by atoms with Crippen molar-refractivity contribution < 1.29 is 19.1 Å². The molecule has 4 rings (SSSR count). The van der Waals surface area contributed by atoms with E-state index in [1.807, 2.05) is 67.6 Å². The predicted octanol–water partition coefficient (Wildman–Crippen LogP) is 5.95. The minimum atomic E-state index is -0.632. The van der Waals surface area contributed by atoms with Gasteiger partial charge in [-0.25, -0.2) is 9.48 Å². The maximum atomic E-state index is 13.2. The lowest BCUT2D eigenvalue weighted by Gasteiger charge is -2.07. The number of carbonyl (C=O) groups excluding carboxylic acids is 2. The van der Waals surface area contributed by atoms with Crippen LogP contribution in [0.15, 0.2) is 66.4 Å². The summed E-state index contributed by atoms with van der Waals surface area (Å²) in [6, 6.07) is 18.9. The first kappa shape index (κ1) is 26.4. The molecular formula is C29H26N4O4S. The third-order valence-electron chi connectivity index (χ3n) is 5.88. The first-order chi connectivity index (χ1) is 18.4. The average Bonchev–Trinajstić information content (AvgIpc) is 3.47. The molecule has 1 amide bonds. The molecule has 0 aliphatic rings. The third kappa shape index (κ3) is 5.51. The second-order valence-corrected chi connectivity index (χ2v) is 9.50. The lowest BCUT2D eigenvalue weighted by atomic mass is 10.1. The number of hydrogen-bond donors (Lipinski definition) is 1. The summed E-state index contributed by atoms with van der Waals surface area (Å²) in [6.07, 6.45) is 3.27. The van der Waals surface area contributed by atoms with Crippen LogP contribution in [0.5, 0.6) is 5.75 Å². The molecule has 4 aromatic rings. The second kappa shape index (κ2) is 11.6. The number of nitriles is 1. The fourth-order valence-corrected chi connectivity index (χ4v) is 4.86. The van der Waals surface area contributed by atoms with Gasteiger partial charge in [-0.15, -0.1) is 11.3 Å². The van der Waals surface area contributed by atoms with Crippen LogP contribution in [0.3, 0.4) is 0 Å². The first-order valence-corrected chi connectivity index (χ1v) is 12.7.